The second-order valence-corrected chi connectivity index (χ2v) is 3.23. The maximum absolute atomic E-state index is 11.2. The molecular formula is C12H14N2O3. The standard InChI is InChI=1S/C12H14N2O3/c1-13-7-8-14-12(15)17-9-10-3-5-11(16-2)6-4-10/h3-6H,7-9H2,2H3,(H,14,15). The molecule has 0 saturated carbocycles. The number of hydrogen-bond donors (Lipinski definition) is 1. The molecule has 0 radical (unpaired) electrons. The monoisotopic (exact) mass is 234 g/mol. The predicted molar refractivity (Wildman–Crippen MR) is 62.7 cm³/mol. The number of benzene rings is 1. The lowest BCUT2D eigenvalue weighted by atomic mass is 10.2. The zero-order valence-electron chi connectivity index (χ0n) is 9.60. The number of nitrogens with one attached hydrogen (secondary N) is 1. The van der Waals surface area contributed by atoms with Gasteiger partial charge in [-0.15, -0.1) is 0 Å². The summed E-state index contributed by atoms with van der Waals surface area (Å²) in [7, 11) is 1.59. The van der Waals surface area contributed by atoms with Gasteiger partial charge in [-0.2, -0.15) is 0 Å². The van der Waals surface area contributed by atoms with Crippen LogP contribution in [0.3, 0.4) is 0 Å². The molecule has 0 saturated heterocycles. The van der Waals surface area contributed by atoms with Gasteiger partial charge in [-0.1, -0.05) is 12.1 Å². The molecule has 0 bridgehead atoms. The van der Waals surface area contributed by atoms with E-state index in [0.717, 1.165) is 11.3 Å². The first kappa shape index (κ1) is 12.8. The number of amides is 1. The van der Waals surface area contributed by atoms with Crippen molar-refractivity contribution in [2.24, 2.45) is 0 Å². The molecule has 0 aliphatic rings. The van der Waals surface area contributed by atoms with Gasteiger partial charge < -0.3 is 19.6 Å². The molecule has 0 spiro atoms. The van der Waals surface area contributed by atoms with Gasteiger partial charge in [-0.05, 0) is 17.7 Å². The maximum Gasteiger partial charge on any atom is 0.407 e. The first-order chi connectivity index (χ1) is 8.26. The minimum Gasteiger partial charge on any atom is -0.497 e. The summed E-state index contributed by atoms with van der Waals surface area (Å²) in [5, 5.41) is 2.48. The molecule has 1 N–H and O–H groups in total. The van der Waals surface area contributed by atoms with Crippen LogP contribution in [-0.4, -0.2) is 26.3 Å². The number of methoxy groups -OCH3 is 1. The third-order valence-electron chi connectivity index (χ3n) is 2.02. The van der Waals surface area contributed by atoms with E-state index in [9.17, 15) is 4.79 Å². The summed E-state index contributed by atoms with van der Waals surface area (Å²) < 4.78 is 9.97. The Morgan fingerprint density at radius 3 is 2.71 bits per heavy atom. The van der Waals surface area contributed by atoms with Crippen molar-refractivity contribution in [1.29, 1.82) is 0 Å². The Kier molecular flexibility index (Phi) is 5.38. The molecule has 0 aliphatic heterocycles. The van der Waals surface area contributed by atoms with E-state index in [1.54, 1.807) is 19.2 Å². The van der Waals surface area contributed by atoms with Gasteiger partial charge in [0.25, 0.3) is 0 Å². The Balaban J connectivity index is 2.29. The van der Waals surface area contributed by atoms with Crippen LogP contribution in [0.4, 0.5) is 4.79 Å². The van der Waals surface area contributed by atoms with Gasteiger partial charge >= 0.3 is 6.09 Å². The van der Waals surface area contributed by atoms with Crippen molar-refractivity contribution in [3.63, 3.8) is 0 Å². The summed E-state index contributed by atoms with van der Waals surface area (Å²) in [6, 6.07) is 7.25. The van der Waals surface area contributed by atoms with E-state index in [1.165, 1.54) is 0 Å². The summed E-state index contributed by atoms with van der Waals surface area (Å²) in [6.45, 7) is 7.32. The van der Waals surface area contributed by atoms with Gasteiger partial charge in [0.1, 0.15) is 12.4 Å². The predicted octanol–water partition coefficient (Wildman–Crippen LogP) is 1.84. The van der Waals surface area contributed by atoms with Gasteiger partial charge in [0.15, 0.2) is 0 Å². The minimum atomic E-state index is -0.510. The molecule has 1 aromatic carbocycles. The van der Waals surface area contributed by atoms with E-state index in [4.69, 9.17) is 16.0 Å². The lowest BCUT2D eigenvalue weighted by molar-refractivity contribution is 0.140. The Hall–Kier alpha value is -2.22. The van der Waals surface area contributed by atoms with Gasteiger partial charge in [0.05, 0.1) is 13.7 Å². The van der Waals surface area contributed by atoms with Crippen LogP contribution in [0.1, 0.15) is 5.56 Å². The zero-order valence-corrected chi connectivity index (χ0v) is 9.60. The number of ether oxygens (including phenoxy) is 2. The van der Waals surface area contributed by atoms with E-state index >= 15 is 0 Å². The average molecular weight is 234 g/mol. The van der Waals surface area contributed by atoms with Gasteiger partial charge in [-0.3, -0.25) is 0 Å². The number of alkyl carbamates (subject to hydrolysis) is 1. The molecule has 5 nitrogen and oxygen atoms in total. The molecule has 1 rings (SSSR count). The topological polar surface area (TPSA) is 51.9 Å². The van der Waals surface area contributed by atoms with Gasteiger partial charge in [0.2, 0.25) is 6.54 Å². The molecular weight excluding hydrogens is 220 g/mol. The Labute approximate surface area is 100 Å². The van der Waals surface area contributed by atoms with Crippen molar-refractivity contribution < 1.29 is 14.3 Å². The Bertz CT molecular complexity index is 395. The zero-order chi connectivity index (χ0) is 12.5. The second-order valence-electron chi connectivity index (χ2n) is 3.23. The minimum absolute atomic E-state index is 0.202. The average Bonchev–Trinajstić information content (AvgIpc) is 2.37. The van der Waals surface area contributed by atoms with E-state index in [2.05, 4.69) is 10.2 Å². The van der Waals surface area contributed by atoms with Crippen molar-refractivity contribution >= 4 is 6.09 Å². The van der Waals surface area contributed by atoms with Crippen LogP contribution >= 0.6 is 0 Å². The SMILES string of the molecule is [C-]#[N+]CCNC(=O)OCc1ccc(OC)cc1. The molecule has 5 heteroatoms. The lowest BCUT2D eigenvalue weighted by Crippen LogP contribution is -2.26. The van der Waals surface area contributed by atoms with Crippen LogP contribution in [0.2, 0.25) is 0 Å². The smallest absolute Gasteiger partial charge is 0.407 e. The van der Waals surface area contributed by atoms with Crippen molar-refractivity contribution in [1.82, 2.24) is 5.32 Å². The first-order valence-electron chi connectivity index (χ1n) is 5.13. The number of carbonyl (C=O) groups excluding carboxylic acids is 1. The molecule has 0 atom stereocenters. The normalized spacial score (nSPS) is 9.18. The van der Waals surface area contributed by atoms with E-state index in [1.807, 2.05) is 12.1 Å². The summed E-state index contributed by atoms with van der Waals surface area (Å²) in [4.78, 5) is 14.3. The lowest BCUT2D eigenvalue weighted by Gasteiger charge is -2.05. The summed E-state index contributed by atoms with van der Waals surface area (Å²) in [5.74, 6) is 0.759. The number of carbonyl (C=O) groups is 1. The van der Waals surface area contributed by atoms with E-state index < -0.39 is 6.09 Å². The molecule has 1 aromatic rings. The number of rotatable bonds is 5. The van der Waals surface area contributed by atoms with Gasteiger partial charge in [-0.25, -0.2) is 11.4 Å². The Morgan fingerprint density at radius 1 is 1.41 bits per heavy atom. The first-order valence-corrected chi connectivity index (χ1v) is 5.13. The van der Waals surface area contributed by atoms with Crippen LogP contribution in [0.25, 0.3) is 4.85 Å². The van der Waals surface area contributed by atoms with Crippen molar-refractivity contribution in [2.75, 3.05) is 20.2 Å². The molecule has 0 aromatic heterocycles. The summed E-state index contributed by atoms with van der Waals surface area (Å²) >= 11 is 0. The highest BCUT2D eigenvalue weighted by atomic mass is 16.5. The molecule has 0 fully saturated rings. The quantitative estimate of drug-likeness (QED) is 0.624. The molecule has 0 aliphatic carbocycles. The maximum atomic E-state index is 11.2. The third kappa shape index (κ3) is 4.89. The Morgan fingerprint density at radius 2 is 2.12 bits per heavy atom. The number of hydrogen-bond acceptors (Lipinski definition) is 3. The van der Waals surface area contributed by atoms with Crippen LogP contribution in [0.15, 0.2) is 24.3 Å². The fourth-order valence-corrected chi connectivity index (χ4v) is 1.14. The largest absolute Gasteiger partial charge is 0.497 e. The summed E-state index contributed by atoms with van der Waals surface area (Å²) in [5.41, 5.74) is 0.881. The molecule has 0 unspecified atom stereocenters. The fourth-order valence-electron chi connectivity index (χ4n) is 1.14. The van der Waals surface area contributed by atoms with Crippen molar-refractivity contribution in [3.05, 3.63) is 41.2 Å². The highest BCUT2D eigenvalue weighted by molar-refractivity contribution is 5.67. The van der Waals surface area contributed by atoms with Crippen molar-refractivity contribution in [2.45, 2.75) is 6.61 Å². The second kappa shape index (κ2) is 7.12. The molecule has 17 heavy (non-hydrogen) atoms. The molecule has 1 amide bonds. The molecule has 90 valence electrons. The number of nitrogens with zero attached hydrogens (tertiary/aromatic N) is 1. The van der Waals surface area contributed by atoms with Crippen LogP contribution in [0, 0.1) is 6.57 Å². The van der Waals surface area contributed by atoms with Crippen LogP contribution in [-0.2, 0) is 11.3 Å². The van der Waals surface area contributed by atoms with Crippen molar-refractivity contribution in [3.8, 4) is 5.75 Å². The van der Waals surface area contributed by atoms with E-state index in [0.29, 0.717) is 6.54 Å². The van der Waals surface area contributed by atoms with Crippen LogP contribution in [0.5, 0.6) is 5.75 Å². The van der Waals surface area contributed by atoms with Crippen LogP contribution < -0.4 is 10.1 Å². The van der Waals surface area contributed by atoms with E-state index in [-0.39, 0.29) is 13.2 Å². The fraction of sp³-hybridized carbons (Fsp3) is 0.333. The highest BCUT2D eigenvalue weighted by Crippen LogP contribution is 2.11. The third-order valence-corrected chi connectivity index (χ3v) is 2.02. The molecule has 0 heterocycles. The summed E-state index contributed by atoms with van der Waals surface area (Å²) in [6.07, 6.45) is -0.510. The highest BCUT2D eigenvalue weighted by Gasteiger charge is 2.02. The van der Waals surface area contributed by atoms with Gasteiger partial charge in [0, 0.05) is 0 Å².